The lowest BCUT2D eigenvalue weighted by Crippen LogP contribution is -2.02. The van der Waals surface area contributed by atoms with E-state index in [1.54, 1.807) is 12.1 Å². The van der Waals surface area contributed by atoms with E-state index in [9.17, 15) is 4.39 Å². The average molecular weight is 179 g/mol. The van der Waals surface area contributed by atoms with Gasteiger partial charge in [0, 0.05) is 12.2 Å². The summed E-state index contributed by atoms with van der Waals surface area (Å²) in [6.07, 6.45) is 0.966. The van der Waals surface area contributed by atoms with Gasteiger partial charge in [-0.25, -0.2) is 4.39 Å². The molecule has 0 aliphatic heterocycles. The van der Waals surface area contributed by atoms with Gasteiger partial charge in [-0.1, -0.05) is 19.1 Å². The van der Waals surface area contributed by atoms with Gasteiger partial charge >= 0.3 is 0 Å². The second-order valence-electron chi connectivity index (χ2n) is 2.96. The molecule has 0 saturated carbocycles. The van der Waals surface area contributed by atoms with Gasteiger partial charge in [0.15, 0.2) is 0 Å². The van der Waals surface area contributed by atoms with Crippen LogP contribution in [-0.2, 0) is 0 Å². The Morgan fingerprint density at radius 2 is 2.00 bits per heavy atom. The van der Waals surface area contributed by atoms with Crippen molar-refractivity contribution in [2.24, 2.45) is 0 Å². The van der Waals surface area contributed by atoms with Gasteiger partial charge in [0.1, 0.15) is 5.82 Å². The predicted molar refractivity (Wildman–Crippen MR) is 54.3 cm³/mol. The number of hydrogen-bond acceptors (Lipinski definition) is 1. The number of rotatable bonds is 4. The fourth-order valence-corrected chi connectivity index (χ4v) is 0.920. The zero-order valence-electron chi connectivity index (χ0n) is 7.81. The molecule has 0 amide bonds. The first-order chi connectivity index (χ1) is 6.22. The van der Waals surface area contributed by atoms with Gasteiger partial charge in [-0.15, -0.1) is 0 Å². The molecular formula is C11H14FN. The lowest BCUT2D eigenvalue weighted by molar-refractivity contribution is 0.628. The Morgan fingerprint density at radius 3 is 2.54 bits per heavy atom. The molecule has 0 bridgehead atoms. The Morgan fingerprint density at radius 1 is 1.38 bits per heavy atom. The maximum Gasteiger partial charge on any atom is 0.123 e. The van der Waals surface area contributed by atoms with E-state index in [1.165, 1.54) is 12.1 Å². The van der Waals surface area contributed by atoms with Crippen LogP contribution in [0.1, 0.15) is 13.3 Å². The second-order valence-corrected chi connectivity index (χ2v) is 2.96. The van der Waals surface area contributed by atoms with Crippen LogP contribution in [0, 0.1) is 5.82 Å². The Labute approximate surface area is 78.3 Å². The third-order valence-electron chi connectivity index (χ3n) is 1.89. The monoisotopic (exact) mass is 179 g/mol. The van der Waals surface area contributed by atoms with Crippen molar-refractivity contribution in [3.8, 4) is 0 Å². The number of benzene rings is 1. The molecule has 0 aliphatic carbocycles. The lowest BCUT2D eigenvalue weighted by atomic mass is 10.2. The van der Waals surface area contributed by atoms with Crippen molar-refractivity contribution in [3.05, 3.63) is 42.2 Å². The van der Waals surface area contributed by atoms with Crippen LogP contribution in [0.4, 0.5) is 10.1 Å². The summed E-state index contributed by atoms with van der Waals surface area (Å²) in [6, 6.07) is 6.32. The fourth-order valence-electron chi connectivity index (χ4n) is 0.920. The molecule has 0 aliphatic rings. The molecule has 1 N–H and O–H groups in total. The lowest BCUT2D eigenvalue weighted by Gasteiger charge is -2.06. The minimum absolute atomic E-state index is 0.208. The van der Waals surface area contributed by atoms with Gasteiger partial charge < -0.3 is 5.32 Å². The van der Waals surface area contributed by atoms with E-state index in [-0.39, 0.29) is 5.82 Å². The van der Waals surface area contributed by atoms with Crippen molar-refractivity contribution in [3.63, 3.8) is 0 Å². The molecule has 13 heavy (non-hydrogen) atoms. The quantitative estimate of drug-likeness (QED) is 0.700. The minimum atomic E-state index is -0.208. The van der Waals surface area contributed by atoms with Gasteiger partial charge in [0.2, 0.25) is 0 Å². The molecule has 0 aromatic heterocycles. The first-order valence-electron chi connectivity index (χ1n) is 4.38. The van der Waals surface area contributed by atoms with Gasteiger partial charge in [-0.2, -0.15) is 0 Å². The highest BCUT2D eigenvalue weighted by molar-refractivity contribution is 5.43. The van der Waals surface area contributed by atoms with Crippen LogP contribution >= 0.6 is 0 Å². The maximum atomic E-state index is 12.5. The predicted octanol–water partition coefficient (Wildman–Crippen LogP) is 3.20. The largest absolute Gasteiger partial charge is 0.381 e. The molecule has 0 spiro atoms. The Hall–Kier alpha value is -1.31. The average Bonchev–Trinajstić information content (AvgIpc) is 2.16. The summed E-state index contributed by atoms with van der Waals surface area (Å²) in [5.41, 5.74) is 2.07. The van der Waals surface area contributed by atoms with Crippen LogP contribution in [0.25, 0.3) is 0 Å². The Kier molecular flexibility index (Phi) is 3.50. The molecule has 1 aromatic carbocycles. The Bertz CT molecular complexity index is 277. The molecule has 1 rings (SSSR count). The van der Waals surface area contributed by atoms with Gasteiger partial charge in [0.25, 0.3) is 0 Å². The number of hydrogen-bond donors (Lipinski definition) is 1. The first-order valence-corrected chi connectivity index (χ1v) is 4.38. The molecule has 2 heteroatoms. The van der Waals surface area contributed by atoms with E-state index < -0.39 is 0 Å². The van der Waals surface area contributed by atoms with Crippen LogP contribution in [0.2, 0.25) is 0 Å². The summed E-state index contributed by atoms with van der Waals surface area (Å²) in [5.74, 6) is -0.208. The van der Waals surface area contributed by atoms with E-state index in [0.717, 1.165) is 24.2 Å². The smallest absolute Gasteiger partial charge is 0.123 e. The van der Waals surface area contributed by atoms with E-state index in [1.807, 2.05) is 0 Å². The molecule has 0 fully saturated rings. The highest BCUT2D eigenvalue weighted by Crippen LogP contribution is 2.09. The molecule has 1 nitrogen and oxygen atoms in total. The normalized spacial score (nSPS) is 9.69. The zero-order chi connectivity index (χ0) is 9.68. The number of halogens is 1. The van der Waals surface area contributed by atoms with E-state index in [4.69, 9.17) is 0 Å². The highest BCUT2D eigenvalue weighted by atomic mass is 19.1. The molecule has 0 radical (unpaired) electrons. The molecule has 0 atom stereocenters. The SMILES string of the molecule is C=C(CC)CNc1ccc(F)cc1. The van der Waals surface area contributed by atoms with Crippen molar-refractivity contribution in [2.75, 3.05) is 11.9 Å². The van der Waals surface area contributed by atoms with Gasteiger partial charge in [-0.05, 0) is 30.7 Å². The van der Waals surface area contributed by atoms with Gasteiger partial charge in [0.05, 0.1) is 0 Å². The summed E-state index contributed by atoms with van der Waals surface area (Å²) in [7, 11) is 0. The molecule has 0 heterocycles. The summed E-state index contributed by atoms with van der Waals surface area (Å²) >= 11 is 0. The molecule has 0 saturated heterocycles. The highest BCUT2D eigenvalue weighted by Gasteiger charge is 1.93. The van der Waals surface area contributed by atoms with Crippen molar-refractivity contribution < 1.29 is 4.39 Å². The van der Waals surface area contributed by atoms with Crippen LogP contribution in [0.3, 0.4) is 0 Å². The minimum Gasteiger partial charge on any atom is -0.381 e. The van der Waals surface area contributed by atoms with Crippen LogP contribution < -0.4 is 5.32 Å². The Balaban J connectivity index is 2.46. The zero-order valence-corrected chi connectivity index (χ0v) is 7.81. The molecular weight excluding hydrogens is 165 g/mol. The second kappa shape index (κ2) is 4.65. The summed E-state index contributed by atoms with van der Waals surface area (Å²) in [5, 5.41) is 3.16. The maximum absolute atomic E-state index is 12.5. The standard InChI is InChI=1S/C11H14FN/c1-3-9(2)8-13-11-6-4-10(12)5-7-11/h4-7,13H,2-3,8H2,1H3. The molecule has 0 unspecified atom stereocenters. The topological polar surface area (TPSA) is 12.0 Å². The number of anilines is 1. The van der Waals surface area contributed by atoms with Crippen molar-refractivity contribution in [1.29, 1.82) is 0 Å². The molecule has 1 aromatic rings. The number of nitrogens with one attached hydrogen (secondary N) is 1. The van der Waals surface area contributed by atoms with E-state index >= 15 is 0 Å². The van der Waals surface area contributed by atoms with Crippen LogP contribution in [0.15, 0.2) is 36.4 Å². The van der Waals surface area contributed by atoms with Crippen LogP contribution in [-0.4, -0.2) is 6.54 Å². The van der Waals surface area contributed by atoms with Crippen LogP contribution in [0.5, 0.6) is 0 Å². The summed E-state index contributed by atoms with van der Waals surface area (Å²) in [4.78, 5) is 0. The van der Waals surface area contributed by atoms with Gasteiger partial charge in [-0.3, -0.25) is 0 Å². The van der Waals surface area contributed by atoms with Crippen molar-refractivity contribution in [2.45, 2.75) is 13.3 Å². The first kappa shape index (κ1) is 9.78. The fraction of sp³-hybridized carbons (Fsp3) is 0.273. The summed E-state index contributed by atoms with van der Waals surface area (Å²) in [6.45, 7) is 6.69. The van der Waals surface area contributed by atoms with Crippen molar-refractivity contribution in [1.82, 2.24) is 0 Å². The molecule has 70 valence electrons. The van der Waals surface area contributed by atoms with Crippen molar-refractivity contribution >= 4 is 5.69 Å². The third-order valence-corrected chi connectivity index (χ3v) is 1.89. The van der Waals surface area contributed by atoms with E-state index in [0.29, 0.717) is 0 Å². The summed E-state index contributed by atoms with van der Waals surface area (Å²) < 4.78 is 12.5. The van der Waals surface area contributed by atoms with E-state index in [2.05, 4.69) is 18.8 Å². The third kappa shape index (κ3) is 3.28.